The molecule has 6 heteroatoms. The Morgan fingerprint density at radius 3 is 2.54 bits per heavy atom. The Balaban J connectivity index is 1.61. The molecular formula is C22H22N4O2. The number of hydrogen-bond acceptors (Lipinski definition) is 4. The molecule has 2 heterocycles. The molecule has 0 aliphatic rings. The molecule has 142 valence electrons. The van der Waals surface area contributed by atoms with Crippen LogP contribution in [0.5, 0.6) is 0 Å². The van der Waals surface area contributed by atoms with Crippen molar-refractivity contribution >= 4 is 27.6 Å². The molecule has 0 spiro atoms. The van der Waals surface area contributed by atoms with Crippen molar-refractivity contribution in [3.63, 3.8) is 0 Å². The van der Waals surface area contributed by atoms with Crippen LogP contribution in [0, 0.1) is 6.92 Å². The second kappa shape index (κ2) is 7.05. The Morgan fingerprint density at radius 2 is 1.75 bits per heavy atom. The Kier molecular flexibility index (Phi) is 4.57. The number of ketones is 1. The van der Waals surface area contributed by atoms with Crippen LogP contribution in [0.2, 0.25) is 0 Å². The number of carbonyl (C=O) groups excluding carboxylic acids is 1. The van der Waals surface area contributed by atoms with Crippen molar-refractivity contribution in [2.45, 2.75) is 26.4 Å². The number of aryl methyl sites for hydroxylation is 1. The lowest BCUT2D eigenvalue weighted by molar-refractivity contribution is 0.0861. The maximum absolute atomic E-state index is 13.2. The largest absolute Gasteiger partial charge is 0.358 e. The molecule has 1 atom stereocenters. The molecule has 2 aromatic heterocycles. The first-order valence-electron chi connectivity index (χ1n) is 9.25. The molecule has 0 fully saturated rings. The number of hydrogen-bond donors (Lipinski definition) is 2. The maximum Gasteiger partial charge on any atom is 0.258 e. The highest BCUT2D eigenvalue weighted by Crippen LogP contribution is 2.24. The van der Waals surface area contributed by atoms with E-state index in [1.54, 1.807) is 6.07 Å². The number of H-pyrrole nitrogens is 2. The lowest BCUT2D eigenvalue weighted by atomic mass is 10.0. The lowest BCUT2D eigenvalue weighted by Gasteiger charge is -2.23. The molecule has 0 unspecified atom stereocenters. The predicted octanol–water partition coefficient (Wildman–Crippen LogP) is 3.42. The highest BCUT2D eigenvalue weighted by Gasteiger charge is 2.24. The molecular weight excluding hydrogens is 352 g/mol. The van der Waals surface area contributed by atoms with Crippen molar-refractivity contribution in [2.75, 3.05) is 7.05 Å². The fourth-order valence-electron chi connectivity index (χ4n) is 3.59. The molecule has 6 nitrogen and oxygen atoms in total. The van der Waals surface area contributed by atoms with Gasteiger partial charge in [-0.1, -0.05) is 30.3 Å². The van der Waals surface area contributed by atoms with Gasteiger partial charge < -0.3 is 9.97 Å². The fraction of sp³-hybridized carbons (Fsp3) is 0.227. The van der Waals surface area contributed by atoms with Gasteiger partial charge in [0, 0.05) is 22.2 Å². The number of carbonyl (C=O) groups is 1. The van der Waals surface area contributed by atoms with Crippen molar-refractivity contribution in [3.8, 4) is 0 Å². The smallest absolute Gasteiger partial charge is 0.258 e. The van der Waals surface area contributed by atoms with Crippen LogP contribution in [-0.4, -0.2) is 38.7 Å². The van der Waals surface area contributed by atoms with E-state index in [0.29, 0.717) is 23.3 Å². The zero-order chi connectivity index (χ0) is 19.8. The normalized spacial score (nSPS) is 12.7. The Morgan fingerprint density at radius 1 is 1.07 bits per heavy atom. The van der Waals surface area contributed by atoms with Gasteiger partial charge in [-0.05, 0) is 39.1 Å². The van der Waals surface area contributed by atoms with E-state index in [1.807, 2.05) is 68.3 Å². The van der Waals surface area contributed by atoms with Crippen molar-refractivity contribution in [1.29, 1.82) is 0 Å². The zero-order valence-corrected chi connectivity index (χ0v) is 16.1. The number of fused-ring (bicyclic) bond motifs is 2. The van der Waals surface area contributed by atoms with Crippen LogP contribution < -0.4 is 5.56 Å². The van der Waals surface area contributed by atoms with Gasteiger partial charge in [-0.3, -0.25) is 14.5 Å². The first-order chi connectivity index (χ1) is 13.5. The third-order valence-corrected chi connectivity index (χ3v) is 5.24. The van der Waals surface area contributed by atoms with Gasteiger partial charge in [0.1, 0.15) is 5.82 Å². The van der Waals surface area contributed by atoms with E-state index >= 15 is 0 Å². The minimum atomic E-state index is -0.366. The van der Waals surface area contributed by atoms with Gasteiger partial charge in [0.25, 0.3) is 5.56 Å². The second-order valence-electron chi connectivity index (χ2n) is 7.16. The number of benzene rings is 2. The van der Waals surface area contributed by atoms with Crippen LogP contribution in [-0.2, 0) is 6.54 Å². The molecule has 0 aliphatic carbocycles. The van der Waals surface area contributed by atoms with Crippen LogP contribution in [0.25, 0.3) is 21.8 Å². The minimum absolute atomic E-state index is 0.0422. The second-order valence-corrected chi connectivity index (χ2v) is 7.16. The first-order valence-corrected chi connectivity index (χ1v) is 9.25. The molecule has 28 heavy (non-hydrogen) atoms. The van der Waals surface area contributed by atoms with Gasteiger partial charge in [-0.25, -0.2) is 4.98 Å². The molecule has 0 saturated carbocycles. The monoisotopic (exact) mass is 374 g/mol. The molecule has 4 rings (SSSR count). The Hall–Kier alpha value is -3.25. The van der Waals surface area contributed by atoms with Crippen LogP contribution in [0.3, 0.4) is 0 Å². The molecule has 0 radical (unpaired) electrons. The fourth-order valence-corrected chi connectivity index (χ4v) is 3.59. The summed E-state index contributed by atoms with van der Waals surface area (Å²) in [6.07, 6.45) is 0. The van der Waals surface area contributed by atoms with Gasteiger partial charge in [0.05, 0.1) is 23.5 Å². The molecule has 4 aromatic rings. The summed E-state index contributed by atoms with van der Waals surface area (Å²) in [6, 6.07) is 14.7. The van der Waals surface area contributed by atoms with E-state index in [2.05, 4.69) is 15.0 Å². The van der Waals surface area contributed by atoms with Gasteiger partial charge in [-0.2, -0.15) is 0 Å². The molecule has 2 aromatic carbocycles. The number of aromatic amines is 2. The van der Waals surface area contributed by atoms with Crippen LogP contribution >= 0.6 is 0 Å². The maximum atomic E-state index is 13.2. The summed E-state index contributed by atoms with van der Waals surface area (Å²) in [5.74, 6) is 0.585. The number of nitrogens with one attached hydrogen (secondary N) is 2. The third kappa shape index (κ3) is 3.12. The van der Waals surface area contributed by atoms with Gasteiger partial charge in [0.2, 0.25) is 0 Å². The van der Waals surface area contributed by atoms with Crippen LogP contribution in [0.15, 0.2) is 53.3 Å². The van der Waals surface area contributed by atoms with Gasteiger partial charge in [-0.15, -0.1) is 0 Å². The highest BCUT2D eigenvalue weighted by molar-refractivity contribution is 6.11. The van der Waals surface area contributed by atoms with Crippen molar-refractivity contribution in [3.05, 3.63) is 76.0 Å². The summed E-state index contributed by atoms with van der Waals surface area (Å²) in [5, 5.41) is 1.50. The van der Waals surface area contributed by atoms with Crippen LogP contribution in [0.1, 0.15) is 28.8 Å². The number of Topliss-reactive ketones (excluding diaryl/α,β-unsaturated/α-hetero) is 1. The van der Waals surface area contributed by atoms with E-state index in [9.17, 15) is 9.59 Å². The SMILES string of the molecule is Cc1[nH]c2ccccc2c1C(=O)[C@@H](C)N(C)Cc1nc2ccccc2c(=O)[nH]1. The molecule has 0 bridgehead atoms. The summed E-state index contributed by atoms with van der Waals surface area (Å²) in [4.78, 5) is 38.0. The Bertz CT molecular complexity index is 1240. The summed E-state index contributed by atoms with van der Waals surface area (Å²) in [7, 11) is 1.86. The van der Waals surface area contributed by atoms with Crippen molar-refractivity contribution < 1.29 is 4.79 Å². The topological polar surface area (TPSA) is 81.8 Å². The summed E-state index contributed by atoms with van der Waals surface area (Å²) < 4.78 is 0. The van der Waals surface area contributed by atoms with Gasteiger partial charge >= 0.3 is 0 Å². The van der Waals surface area contributed by atoms with Crippen molar-refractivity contribution in [2.24, 2.45) is 0 Å². The minimum Gasteiger partial charge on any atom is -0.358 e. The first kappa shape index (κ1) is 18.1. The lowest BCUT2D eigenvalue weighted by Crippen LogP contribution is -2.36. The number of rotatable bonds is 5. The van der Waals surface area contributed by atoms with Crippen molar-refractivity contribution in [1.82, 2.24) is 19.9 Å². The van der Waals surface area contributed by atoms with E-state index in [0.717, 1.165) is 22.2 Å². The zero-order valence-electron chi connectivity index (χ0n) is 16.1. The summed E-state index contributed by atoms with van der Waals surface area (Å²) in [6.45, 7) is 4.17. The van der Waals surface area contributed by atoms with Crippen LogP contribution in [0.4, 0.5) is 0 Å². The number of likely N-dealkylation sites (N-methyl/N-ethyl adjacent to an activating group) is 1. The summed E-state index contributed by atoms with van der Waals surface area (Å²) >= 11 is 0. The number of para-hydroxylation sites is 2. The standard InChI is InChI=1S/C22H22N4O2/c1-13-20(15-8-4-6-10-17(15)23-13)21(27)14(2)26(3)12-19-24-18-11-7-5-9-16(18)22(28)25-19/h4-11,14,23H,12H2,1-3H3,(H,24,25,28)/t14-/m1/s1. The molecule has 0 aliphatic heterocycles. The third-order valence-electron chi connectivity index (χ3n) is 5.24. The van der Waals surface area contributed by atoms with Gasteiger partial charge in [0.15, 0.2) is 5.78 Å². The average molecular weight is 374 g/mol. The van der Waals surface area contributed by atoms with E-state index in [-0.39, 0.29) is 17.4 Å². The predicted molar refractivity (Wildman–Crippen MR) is 111 cm³/mol. The summed E-state index contributed by atoms with van der Waals surface area (Å²) in [5.41, 5.74) is 3.03. The van der Waals surface area contributed by atoms with E-state index in [1.165, 1.54) is 0 Å². The Labute approximate surface area is 162 Å². The number of aromatic nitrogens is 3. The highest BCUT2D eigenvalue weighted by atomic mass is 16.1. The molecule has 0 saturated heterocycles. The van der Waals surface area contributed by atoms with E-state index in [4.69, 9.17) is 0 Å². The average Bonchev–Trinajstić information content (AvgIpc) is 3.02. The number of nitrogens with zero attached hydrogens (tertiary/aromatic N) is 2. The quantitative estimate of drug-likeness (QED) is 0.525. The molecule has 0 amide bonds. The van der Waals surface area contributed by atoms with E-state index < -0.39 is 0 Å². The molecule has 2 N–H and O–H groups in total.